The first-order chi connectivity index (χ1) is 11.0. The Morgan fingerprint density at radius 1 is 1.30 bits per heavy atom. The lowest BCUT2D eigenvalue weighted by molar-refractivity contribution is -0.115. The van der Waals surface area contributed by atoms with Gasteiger partial charge in [-0.15, -0.1) is 0 Å². The van der Waals surface area contributed by atoms with Crippen molar-refractivity contribution in [2.24, 2.45) is 5.73 Å². The number of carbonyl (C=O) groups is 1. The molecule has 1 aromatic carbocycles. The van der Waals surface area contributed by atoms with Crippen LogP contribution in [0.2, 0.25) is 5.02 Å². The Morgan fingerprint density at radius 3 is 2.65 bits per heavy atom. The highest BCUT2D eigenvalue weighted by Gasteiger charge is 2.16. The van der Waals surface area contributed by atoms with Crippen LogP contribution in [0, 0.1) is 13.8 Å². The molecule has 2 aromatic heterocycles. The Labute approximate surface area is 142 Å². The first-order valence-electron chi connectivity index (χ1n) is 6.99. The van der Waals surface area contributed by atoms with Gasteiger partial charge in [-0.05, 0) is 37.6 Å². The Balaban J connectivity index is 2.18. The van der Waals surface area contributed by atoms with Gasteiger partial charge in [0.2, 0.25) is 5.91 Å². The molecular formula is C16H15ClN4OS. The summed E-state index contributed by atoms with van der Waals surface area (Å²) in [6.45, 7) is 3.86. The molecule has 0 saturated carbocycles. The van der Waals surface area contributed by atoms with E-state index in [4.69, 9.17) is 17.3 Å². The number of rotatable bonds is 4. The lowest BCUT2D eigenvalue weighted by Crippen LogP contribution is -2.13. The van der Waals surface area contributed by atoms with Crippen LogP contribution in [0.15, 0.2) is 35.4 Å². The number of hydrogen-bond acceptors (Lipinski definition) is 4. The van der Waals surface area contributed by atoms with Gasteiger partial charge in [-0.2, -0.15) is 5.10 Å². The van der Waals surface area contributed by atoms with E-state index in [0.717, 1.165) is 33.2 Å². The SMILES string of the molecule is Cc1cc(SCC(N)=O)n2nc(C)c(-c3ccc(Cl)cc3)c2n1. The summed E-state index contributed by atoms with van der Waals surface area (Å²) in [7, 11) is 0. The molecule has 2 heterocycles. The summed E-state index contributed by atoms with van der Waals surface area (Å²) in [6.07, 6.45) is 0. The van der Waals surface area contributed by atoms with Crippen molar-refractivity contribution in [2.45, 2.75) is 18.9 Å². The Hall–Kier alpha value is -2.05. The van der Waals surface area contributed by atoms with E-state index in [1.165, 1.54) is 11.8 Å². The van der Waals surface area contributed by atoms with Crippen LogP contribution in [0.25, 0.3) is 16.8 Å². The van der Waals surface area contributed by atoms with Gasteiger partial charge < -0.3 is 5.73 Å². The summed E-state index contributed by atoms with van der Waals surface area (Å²) in [4.78, 5) is 15.7. The maximum atomic E-state index is 11.1. The fraction of sp³-hybridized carbons (Fsp3) is 0.188. The van der Waals surface area contributed by atoms with E-state index >= 15 is 0 Å². The monoisotopic (exact) mass is 346 g/mol. The Bertz CT molecular complexity index is 889. The van der Waals surface area contributed by atoms with Gasteiger partial charge in [-0.3, -0.25) is 4.79 Å². The van der Waals surface area contributed by atoms with Crippen molar-refractivity contribution in [1.82, 2.24) is 14.6 Å². The molecule has 3 rings (SSSR count). The van der Waals surface area contributed by atoms with Crippen molar-refractivity contribution in [1.29, 1.82) is 0 Å². The van der Waals surface area contributed by atoms with E-state index in [1.807, 2.05) is 44.2 Å². The number of nitrogens with zero attached hydrogens (tertiary/aromatic N) is 3. The summed E-state index contributed by atoms with van der Waals surface area (Å²) in [6, 6.07) is 9.49. The third-order valence-corrected chi connectivity index (χ3v) is 4.62. The predicted octanol–water partition coefficient (Wildman–Crippen LogP) is 3.24. The fourth-order valence-electron chi connectivity index (χ4n) is 2.41. The number of thioether (sulfide) groups is 1. The molecule has 118 valence electrons. The van der Waals surface area contributed by atoms with Gasteiger partial charge in [0.1, 0.15) is 5.03 Å². The van der Waals surface area contributed by atoms with Crippen LogP contribution in [0.5, 0.6) is 0 Å². The first-order valence-corrected chi connectivity index (χ1v) is 8.36. The quantitative estimate of drug-likeness (QED) is 0.581. The topological polar surface area (TPSA) is 73.3 Å². The van der Waals surface area contributed by atoms with Crippen molar-refractivity contribution in [3.8, 4) is 11.1 Å². The largest absolute Gasteiger partial charge is 0.369 e. The van der Waals surface area contributed by atoms with Crippen molar-refractivity contribution in [3.05, 3.63) is 46.7 Å². The predicted molar refractivity (Wildman–Crippen MR) is 92.8 cm³/mol. The van der Waals surface area contributed by atoms with Crippen molar-refractivity contribution in [3.63, 3.8) is 0 Å². The average Bonchev–Trinajstić information content (AvgIpc) is 2.82. The van der Waals surface area contributed by atoms with Crippen molar-refractivity contribution in [2.75, 3.05) is 5.75 Å². The minimum Gasteiger partial charge on any atom is -0.369 e. The number of primary amides is 1. The molecule has 0 atom stereocenters. The number of carbonyl (C=O) groups excluding carboxylic acids is 1. The molecule has 0 bridgehead atoms. The normalized spacial score (nSPS) is 11.1. The van der Waals surface area contributed by atoms with Crippen LogP contribution >= 0.6 is 23.4 Å². The molecule has 23 heavy (non-hydrogen) atoms. The van der Waals surface area contributed by atoms with E-state index in [2.05, 4.69) is 10.1 Å². The third-order valence-electron chi connectivity index (χ3n) is 3.35. The van der Waals surface area contributed by atoms with Crippen LogP contribution in [0.3, 0.4) is 0 Å². The Morgan fingerprint density at radius 2 is 2.00 bits per heavy atom. The highest BCUT2D eigenvalue weighted by Crippen LogP contribution is 2.31. The maximum Gasteiger partial charge on any atom is 0.227 e. The number of hydrogen-bond donors (Lipinski definition) is 1. The zero-order valence-corrected chi connectivity index (χ0v) is 14.3. The van der Waals surface area contributed by atoms with Crippen LogP contribution in [0.1, 0.15) is 11.4 Å². The average molecular weight is 347 g/mol. The minimum atomic E-state index is -0.362. The molecule has 0 aliphatic heterocycles. The second kappa shape index (κ2) is 6.22. The Kier molecular flexibility index (Phi) is 4.28. The number of fused-ring (bicyclic) bond motifs is 1. The van der Waals surface area contributed by atoms with E-state index < -0.39 is 0 Å². The highest BCUT2D eigenvalue weighted by atomic mass is 35.5. The summed E-state index contributed by atoms with van der Waals surface area (Å²) < 4.78 is 1.76. The number of amides is 1. The molecule has 0 spiro atoms. The van der Waals surface area contributed by atoms with Gasteiger partial charge in [0, 0.05) is 16.3 Å². The molecule has 0 fully saturated rings. The molecule has 5 nitrogen and oxygen atoms in total. The molecule has 1 amide bonds. The molecule has 0 saturated heterocycles. The van der Waals surface area contributed by atoms with Gasteiger partial charge in [0.25, 0.3) is 0 Å². The van der Waals surface area contributed by atoms with E-state index in [-0.39, 0.29) is 11.7 Å². The molecule has 0 unspecified atom stereocenters. The lowest BCUT2D eigenvalue weighted by Gasteiger charge is -2.06. The van der Waals surface area contributed by atoms with Gasteiger partial charge in [-0.25, -0.2) is 9.50 Å². The fourth-order valence-corrected chi connectivity index (χ4v) is 3.33. The zero-order chi connectivity index (χ0) is 16.6. The van der Waals surface area contributed by atoms with Crippen LogP contribution in [-0.2, 0) is 4.79 Å². The van der Waals surface area contributed by atoms with Crippen LogP contribution < -0.4 is 5.73 Å². The molecule has 0 radical (unpaired) electrons. The second-order valence-electron chi connectivity index (χ2n) is 5.19. The van der Waals surface area contributed by atoms with E-state index in [9.17, 15) is 4.79 Å². The summed E-state index contributed by atoms with van der Waals surface area (Å²) in [5.74, 6) is -0.160. The smallest absolute Gasteiger partial charge is 0.227 e. The van der Waals surface area contributed by atoms with Gasteiger partial charge in [-0.1, -0.05) is 35.5 Å². The number of benzene rings is 1. The minimum absolute atomic E-state index is 0.202. The summed E-state index contributed by atoms with van der Waals surface area (Å²) >= 11 is 7.33. The standard InChI is InChI=1S/C16H15ClN4OS/c1-9-7-14(23-8-13(18)22)21-16(19-9)15(10(2)20-21)11-3-5-12(17)6-4-11/h3-7H,8H2,1-2H3,(H2,18,22). The van der Waals surface area contributed by atoms with Gasteiger partial charge >= 0.3 is 0 Å². The van der Waals surface area contributed by atoms with E-state index in [0.29, 0.717) is 5.02 Å². The summed E-state index contributed by atoms with van der Waals surface area (Å²) in [5, 5.41) is 6.11. The molecule has 7 heteroatoms. The molecule has 3 aromatic rings. The second-order valence-corrected chi connectivity index (χ2v) is 6.63. The van der Waals surface area contributed by atoms with Crippen molar-refractivity contribution >= 4 is 34.9 Å². The number of aromatic nitrogens is 3. The zero-order valence-electron chi connectivity index (χ0n) is 12.7. The molecular weight excluding hydrogens is 332 g/mol. The summed E-state index contributed by atoms with van der Waals surface area (Å²) in [5.41, 5.74) is 9.70. The highest BCUT2D eigenvalue weighted by molar-refractivity contribution is 7.99. The first kappa shape index (κ1) is 15.8. The van der Waals surface area contributed by atoms with E-state index in [1.54, 1.807) is 4.52 Å². The molecule has 2 N–H and O–H groups in total. The number of nitrogens with two attached hydrogens (primary N) is 1. The van der Waals surface area contributed by atoms with Crippen LogP contribution in [-0.4, -0.2) is 26.3 Å². The van der Waals surface area contributed by atoms with Gasteiger partial charge in [0.15, 0.2) is 5.65 Å². The number of halogens is 1. The molecule has 0 aliphatic carbocycles. The number of aryl methyl sites for hydroxylation is 2. The molecule has 0 aliphatic rings. The van der Waals surface area contributed by atoms with Crippen molar-refractivity contribution < 1.29 is 4.79 Å². The van der Waals surface area contributed by atoms with Crippen LogP contribution in [0.4, 0.5) is 0 Å². The lowest BCUT2D eigenvalue weighted by atomic mass is 10.1. The van der Waals surface area contributed by atoms with Gasteiger partial charge in [0.05, 0.1) is 11.4 Å². The third kappa shape index (κ3) is 3.18. The maximum absolute atomic E-state index is 11.1.